The Morgan fingerprint density at radius 1 is 1.03 bits per heavy atom. The molecule has 0 spiro atoms. The molecule has 7 nitrogen and oxygen atoms in total. The van der Waals surface area contributed by atoms with Crippen molar-refractivity contribution in [1.82, 2.24) is 10.2 Å². The lowest BCUT2D eigenvalue weighted by atomic mass is 10.1. The van der Waals surface area contributed by atoms with Gasteiger partial charge in [-0.3, -0.25) is 9.59 Å². The van der Waals surface area contributed by atoms with Crippen molar-refractivity contribution in [1.29, 1.82) is 0 Å². The van der Waals surface area contributed by atoms with Gasteiger partial charge in [-0.1, -0.05) is 29.8 Å². The first kappa shape index (κ1) is 22.7. The number of anilines is 1. The fourth-order valence-corrected chi connectivity index (χ4v) is 3.60. The van der Waals surface area contributed by atoms with Gasteiger partial charge in [0.05, 0.1) is 0 Å². The number of piperazine rings is 1. The number of benzene rings is 2. The predicted molar refractivity (Wildman–Crippen MR) is 115 cm³/mol. The molecule has 1 fully saturated rings. The zero-order chi connectivity index (χ0) is 22.4. The molecule has 1 aliphatic heterocycles. The van der Waals surface area contributed by atoms with Crippen molar-refractivity contribution >= 4 is 17.5 Å². The van der Waals surface area contributed by atoms with Gasteiger partial charge in [0.25, 0.3) is 11.8 Å². The molecule has 0 bridgehead atoms. The number of halogens is 1. The molecule has 0 aromatic heterocycles. The zero-order valence-electron chi connectivity index (χ0n) is 17.5. The van der Waals surface area contributed by atoms with Gasteiger partial charge in [0.2, 0.25) is 0 Å². The molecule has 1 aliphatic rings. The second-order valence-corrected chi connectivity index (χ2v) is 7.71. The maximum atomic E-state index is 13.1. The molecular weight excluding hydrogens is 401 g/mol. The van der Waals surface area contributed by atoms with E-state index in [0.717, 1.165) is 16.8 Å². The average molecular weight is 429 g/mol. The van der Waals surface area contributed by atoms with E-state index in [4.69, 9.17) is 0 Å². The van der Waals surface area contributed by atoms with E-state index in [1.807, 2.05) is 36.1 Å². The smallest absolute Gasteiger partial charge is 0.254 e. The topological polar surface area (TPSA) is 93.1 Å². The SMILES string of the molecule is Cc1cccc(CCNC(=O)C(O)[C@@H](O)C(=O)N2CCN(c3ccc(F)cc3)CC2)c1. The van der Waals surface area contributed by atoms with Crippen molar-refractivity contribution in [2.75, 3.05) is 37.6 Å². The minimum atomic E-state index is -1.83. The normalized spacial score (nSPS) is 16.0. The van der Waals surface area contributed by atoms with Gasteiger partial charge in [-0.15, -0.1) is 0 Å². The third-order valence-corrected chi connectivity index (χ3v) is 5.40. The molecule has 166 valence electrons. The summed E-state index contributed by atoms with van der Waals surface area (Å²) in [6.07, 6.45) is -3.08. The molecule has 3 rings (SSSR count). The van der Waals surface area contributed by atoms with Crippen LogP contribution in [0.3, 0.4) is 0 Å². The molecule has 0 aliphatic carbocycles. The Kier molecular flexibility index (Phi) is 7.59. The van der Waals surface area contributed by atoms with Crippen molar-refractivity contribution in [2.24, 2.45) is 0 Å². The average Bonchev–Trinajstić information content (AvgIpc) is 2.78. The summed E-state index contributed by atoms with van der Waals surface area (Å²) in [6, 6.07) is 14.0. The lowest BCUT2D eigenvalue weighted by Gasteiger charge is -2.37. The summed E-state index contributed by atoms with van der Waals surface area (Å²) in [5, 5.41) is 22.9. The van der Waals surface area contributed by atoms with E-state index >= 15 is 0 Å². The number of nitrogens with one attached hydrogen (secondary N) is 1. The van der Waals surface area contributed by atoms with Crippen LogP contribution in [0.1, 0.15) is 11.1 Å². The number of nitrogens with zero attached hydrogens (tertiary/aromatic N) is 2. The van der Waals surface area contributed by atoms with Crippen LogP contribution in [0, 0.1) is 12.7 Å². The number of aliphatic hydroxyl groups excluding tert-OH is 2. The number of carbonyl (C=O) groups is 2. The molecule has 0 radical (unpaired) electrons. The highest BCUT2D eigenvalue weighted by Crippen LogP contribution is 2.17. The van der Waals surface area contributed by atoms with Crippen molar-refractivity contribution in [3.63, 3.8) is 0 Å². The van der Waals surface area contributed by atoms with E-state index in [2.05, 4.69) is 5.32 Å². The minimum absolute atomic E-state index is 0.288. The Labute approximate surface area is 181 Å². The van der Waals surface area contributed by atoms with Crippen LogP contribution in [0.15, 0.2) is 48.5 Å². The molecule has 1 heterocycles. The molecule has 3 N–H and O–H groups in total. The van der Waals surface area contributed by atoms with Crippen LogP contribution in [0.4, 0.5) is 10.1 Å². The van der Waals surface area contributed by atoms with Crippen molar-refractivity contribution < 1.29 is 24.2 Å². The highest BCUT2D eigenvalue weighted by atomic mass is 19.1. The number of carbonyl (C=O) groups excluding carboxylic acids is 2. The first-order chi connectivity index (χ1) is 14.8. The van der Waals surface area contributed by atoms with Crippen LogP contribution in [-0.2, 0) is 16.0 Å². The van der Waals surface area contributed by atoms with Gasteiger partial charge in [0.1, 0.15) is 5.82 Å². The number of amides is 2. The lowest BCUT2D eigenvalue weighted by molar-refractivity contribution is -0.153. The first-order valence-corrected chi connectivity index (χ1v) is 10.3. The third-order valence-electron chi connectivity index (χ3n) is 5.40. The summed E-state index contributed by atoms with van der Waals surface area (Å²) < 4.78 is 13.1. The van der Waals surface area contributed by atoms with Gasteiger partial charge in [0.15, 0.2) is 12.2 Å². The molecule has 31 heavy (non-hydrogen) atoms. The second kappa shape index (κ2) is 10.4. The van der Waals surface area contributed by atoms with Crippen molar-refractivity contribution in [3.05, 3.63) is 65.5 Å². The Balaban J connectivity index is 1.45. The van der Waals surface area contributed by atoms with E-state index in [-0.39, 0.29) is 12.4 Å². The van der Waals surface area contributed by atoms with Crippen molar-refractivity contribution in [3.8, 4) is 0 Å². The van der Waals surface area contributed by atoms with Gasteiger partial charge >= 0.3 is 0 Å². The van der Waals surface area contributed by atoms with Gasteiger partial charge < -0.3 is 25.3 Å². The summed E-state index contributed by atoms with van der Waals surface area (Å²) in [5.74, 6) is -1.77. The third kappa shape index (κ3) is 6.02. The van der Waals surface area contributed by atoms with Crippen LogP contribution < -0.4 is 10.2 Å². The molecule has 1 unspecified atom stereocenters. The van der Waals surface area contributed by atoms with Crippen molar-refractivity contribution in [2.45, 2.75) is 25.6 Å². The second-order valence-electron chi connectivity index (χ2n) is 7.71. The van der Waals surface area contributed by atoms with Crippen LogP contribution in [-0.4, -0.2) is 71.9 Å². The number of hydrogen-bond donors (Lipinski definition) is 3. The predicted octanol–water partition coefficient (Wildman–Crippen LogP) is 0.863. The Morgan fingerprint density at radius 2 is 1.71 bits per heavy atom. The van der Waals surface area contributed by atoms with E-state index in [1.165, 1.54) is 17.0 Å². The molecule has 2 atom stereocenters. The van der Waals surface area contributed by atoms with E-state index in [1.54, 1.807) is 12.1 Å². The van der Waals surface area contributed by atoms with E-state index in [9.17, 15) is 24.2 Å². The fourth-order valence-electron chi connectivity index (χ4n) is 3.60. The number of hydrogen-bond acceptors (Lipinski definition) is 5. The Bertz CT molecular complexity index is 898. The summed E-state index contributed by atoms with van der Waals surface area (Å²) in [5.41, 5.74) is 3.01. The Morgan fingerprint density at radius 3 is 2.35 bits per heavy atom. The van der Waals surface area contributed by atoms with Crippen LogP contribution in [0.5, 0.6) is 0 Å². The van der Waals surface area contributed by atoms with Gasteiger partial charge in [-0.05, 0) is 43.2 Å². The summed E-state index contributed by atoms with van der Waals surface area (Å²) in [6.45, 7) is 3.93. The highest BCUT2D eigenvalue weighted by molar-refractivity contribution is 5.90. The maximum absolute atomic E-state index is 13.1. The summed E-state index contributed by atoms with van der Waals surface area (Å²) >= 11 is 0. The largest absolute Gasteiger partial charge is 0.380 e. The molecule has 2 aromatic carbocycles. The van der Waals surface area contributed by atoms with E-state index in [0.29, 0.717) is 32.6 Å². The van der Waals surface area contributed by atoms with E-state index < -0.39 is 24.0 Å². The van der Waals surface area contributed by atoms with Gasteiger partial charge in [-0.25, -0.2) is 4.39 Å². The first-order valence-electron chi connectivity index (χ1n) is 10.3. The summed E-state index contributed by atoms with van der Waals surface area (Å²) in [7, 11) is 0. The van der Waals surface area contributed by atoms with Crippen LogP contribution in [0.25, 0.3) is 0 Å². The molecular formula is C23H28FN3O4. The van der Waals surface area contributed by atoms with Gasteiger partial charge in [0, 0.05) is 38.4 Å². The molecule has 0 saturated carbocycles. The molecule has 8 heteroatoms. The molecule has 1 saturated heterocycles. The van der Waals surface area contributed by atoms with Gasteiger partial charge in [-0.2, -0.15) is 0 Å². The highest BCUT2D eigenvalue weighted by Gasteiger charge is 2.34. The summed E-state index contributed by atoms with van der Waals surface area (Å²) in [4.78, 5) is 28.1. The standard InChI is InChI=1S/C23H28FN3O4/c1-16-3-2-4-17(15-16)9-10-25-22(30)20(28)21(29)23(31)27-13-11-26(12-14-27)19-7-5-18(24)6-8-19/h2-8,15,20-21,28-29H,9-14H2,1H3,(H,25,30)/t20?,21-/m1/s1. The molecule has 2 amide bonds. The quantitative estimate of drug-likeness (QED) is 0.607. The molecule has 2 aromatic rings. The number of aryl methyl sites for hydroxylation is 1. The lowest BCUT2D eigenvalue weighted by Crippen LogP contribution is -2.55. The zero-order valence-corrected chi connectivity index (χ0v) is 17.5. The minimum Gasteiger partial charge on any atom is -0.380 e. The Hall–Kier alpha value is -2.97. The number of aliphatic hydroxyl groups is 2. The number of rotatable bonds is 7. The maximum Gasteiger partial charge on any atom is 0.254 e. The van der Waals surface area contributed by atoms with Crippen LogP contribution >= 0.6 is 0 Å². The monoisotopic (exact) mass is 429 g/mol. The van der Waals surface area contributed by atoms with Crippen LogP contribution in [0.2, 0.25) is 0 Å². The fraction of sp³-hybridized carbons (Fsp3) is 0.391.